The molecule has 0 bridgehead atoms. The molecule has 0 amide bonds. The maximum absolute atomic E-state index is 9.14. The molecule has 56 valence electrons. The summed E-state index contributed by atoms with van der Waals surface area (Å²) in [5.41, 5.74) is 5.48. The predicted octanol–water partition coefficient (Wildman–Crippen LogP) is -0.0487. The summed E-state index contributed by atoms with van der Waals surface area (Å²) in [5.74, 6) is 0. The Kier molecular flexibility index (Phi) is 3.77. The van der Waals surface area contributed by atoms with E-state index in [0.717, 1.165) is 6.42 Å². The molecule has 0 saturated carbocycles. The molecular weight excluding hydrogens is 116 g/mol. The van der Waals surface area contributed by atoms with Crippen LogP contribution in [0.25, 0.3) is 0 Å². The van der Waals surface area contributed by atoms with Gasteiger partial charge in [-0.3, -0.25) is 4.90 Å². The molecule has 0 fully saturated rings. The van der Waals surface area contributed by atoms with E-state index in [1.165, 1.54) is 0 Å². The van der Waals surface area contributed by atoms with Crippen molar-refractivity contribution in [3.05, 3.63) is 0 Å². The molecule has 0 aromatic rings. The lowest BCUT2D eigenvalue weighted by molar-refractivity contribution is -0.00225. The molecule has 0 aliphatic heterocycles. The number of hydrogen-bond acceptors (Lipinski definition) is 3. The summed E-state index contributed by atoms with van der Waals surface area (Å²) in [6, 6.07) is 0. The number of aliphatic hydroxyl groups is 1. The average molecular weight is 132 g/mol. The molecule has 2 atom stereocenters. The number of aliphatic hydroxyl groups excluding tert-OH is 1. The highest BCUT2D eigenvalue weighted by molar-refractivity contribution is 4.57. The van der Waals surface area contributed by atoms with E-state index in [1.54, 1.807) is 11.9 Å². The normalized spacial score (nSPS) is 18.0. The maximum atomic E-state index is 9.14. The third kappa shape index (κ3) is 2.79. The predicted molar refractivity (Wildman–Crippen MR) is 37.7 cm³/mol. The molecule has 0 aromatic heterocycles. The van der Waals surface area contributed by atoms with Gasteiger partial charge in [0, 0.05) is 0 Å². The minimum Gasteiger partial charge on any atom is -0.378 e. The Labute approximate surface area is 56.5 Å². The summed E-state index contributed by atoms with van der Waals surface area (Å²) in [4.78, 5) is 1.72. The number of nitrogens with two attached hydrogens (primary N) is 1. The summed E-state index contributed by atoms with van der Waals surface area (Å²) in [6.45, 7) is 3.77. The maximum Gasteiger partial charge on any atom is 0.108 e. The fourth-order valence-corrected chi connectivity index (χ4v) is 0.559. The Morgan fingerprint density at radius 2 is 2.11 bits per heavy atom. The molecule has 0 aliphatic rings. The zero-order valence-corrected chi connectivity index (χ0v) is 6.33. The molecule has 3 N–H and O–H groups in total. The van der Waals surface area contributed by atoms with Crippen molar-refractivity contribution in [1.82, 2.24) is 4.90 Å². The fourth-order valence-electron chi connectivity index (χ4n) is 0.559. The number of hydrogen-bond donors (Lipinski definition) is 2. The highest BCUT2D eigenvalue weighted by Crippen LogP contribution is 1.97. The lowest BCUT2D eigenvalue weighted by Crippen LogP contribution is -2.43. The van der Waals surface area contributed by atoms with Gasteiger partial charge in [0.2, 0.25) is 0 Å². The summed E-state index contributed by atoms with van der Waals surface area (Å²) >= 11 is 0. The number of nitrogens with zero attached hydrogens (tertiary/aromatic N) is 1. The van der Waals surface area contributed by atoms with Crippen molar-refractivity contribution >= 4 is 0 Å². The average Bonchev–Trinajstić information content (AvgIpc) is 1.84. The molecule has 3 nitrogen and oxygen atoms in total. The third-order valence-electron chi connectivity index (χ3n) is 1.48. The van der Waals surface area contributed by atoms with Crippen LogP contribution in [0, 0.1) is 0 Å². The summed E-state index contributed by atoms with van der Waals surface area (Å²) in [5, 5.41) is 9.14. The first-order chi connectivity index (χ1) is 4.09. The summed E-state index contributed by atoms with van der Waals surface area (Å²) < 4.78 is 0. The van der Waals surface area contributed by atoms with Crippen LogP contribution in [0.15, 0.2) is 0 Å². The molecule has 3 heteroatoms. The topological polar surface area (TPSA) is 49.5 Å². The fraction of sp³-hybridized carbons (Fsp3) is 1.00. The molecule has 0 rings (SSSR count). The van der Waals surface area contributed by atoms with Gasteiger partial charge in [0.25, 0.3) is 0 Å². The molecule has 0 spiro atoms. The van der Waals surface area contributed by atoms with Crippen molar-refractivity contribution in [3.63, 3.8) is 0 Å². The minimum atomic E-state index is -0.398. The second-order valence-electron chi connectivity index (χ2n) is 2.29. The Morgan fingerprint density at radius 3 is 2.22 bits per heavy atom. The van der Waals surface area contributed by atoms with Crippen LogP contribution < -0.4 is 5.73 Å². The van der Waals surface area contributed by atoms with Crippen LogP contribution in [0.1, 0.15) is 20.3 Å². The van der Waals surface area contributed by atoms with E-state index in [9.17, 15) is 0 Å². The van der Waals surface area contributed by atoms with Gasteiger partial charge >= 0.3 is 0 Å². The van der Waals surface area contributed by atoms with Crippen LogP contribution in [0.4, 0.5) is 0 Å². The Morgan fingerprint density at radius 1 is 1.67 bits per heavy atom. The second kappa shape index (κ2) is 3.82. The van der Waals surface area contributed by atoms with Crippen LogP contribution in [-0.2, 0) is 0 Å². The SMILES string of the molecule is CCC(O)N(C)C(C)N. The standard InChI is InChI=1S/C6H16N2O/c1-4-6(9)8(3)5(2)7/h5-6,9H,4,7H2,1-3H3. The first-order valence-electron chi connectivity index (χ1n) is 3.25. The van der Waals surface area contributed by atoms with E-state index < -0.39 is 6.23 Å². The van der Waals surface area contributed by atoms with Gasteiger partial charge in [-0.2, -0.15) is 0 Å². The van der Waals surface area contributed by atoms with E-state index in [4.69, 9.17) is 10.8 Å². The second-order valence-corrected chi connectivity index (χ2v) is 2.29. The molecule has 0 heterocycles. The first kappa shape index (κ1) is 8.88. The Balaban J connectivity index is 3.58. The van der Waals surface area contributed by atoms with Crippen molar-refractivity contribution in [1.29, 1.82) is 0 Å². The van der Waals surface area contributed by atoms with Crippen molar-refractivity contribution < 1.29 is 5.11 Å². The van der Waals surface area contributed by atoms with E-state index in [1.807, 2.05) is 13.8 Å². The van der Waals surface area contributed by atoms with Gasteiger partial charge in [-0.25, -0.2) is 0 Å². The smallest absolute Gasteiger partial charge is 0.108 e. The van der Waals surface area contributed by atoms with E-state index in [2.05, 4.69) is 0 Å². The molecule has 0 radical (unpaired) electrons. The van der Waals surface area contributed by atoms with Gasteiger partial charge in [0.15, 0.2) is 0 Å². The lowest BCUT2D eigenvalue weighted by atomic mass is 10.3. The van der Waals surface area contributed by atoms with E-state index in [-0.39, 0.29) is 6.17 Å². The van der Waals surface area contributed by atoms with Gasteiger partial charge in [-0.05, 0) is 20.4 Å². The zero-order valence-electron chi connectivity index (χ0n) is 6.33. The highest BCUT2D eigenvalue weighted by atomic mass is 16.3. The minimum absolute atomic E-state index is 0.0695. The van der Waals surface area contributed by atoms with Crippen molar-refractivity contribution in [3.8, 4) is 0 Å². The van der Waals surface area contributed by atoms with Crippen molar-refractivity contribution in [2.24, 2.45) is 5.73 Å². The number of rotatable bonds is 3. The van der Waals surface area contributed by atoms with E-state index in [0.29, 0.717) is 0 Å². The third-order valence-corrected chi connectivity index (χ3v) is 1.48. The van der Waals surface area contributed by atoms with Gasteiger partial charge in [-0.1, -0.05) is 6.92 Å². The molecule has 0 saturated heterocycles. The van der Waals surface area contributed by atoms with Crippen LogP contribution in [-0.4, -0.2) is 29.4 Å². The van der Waals surface area contributed by atoms with Crippen LogP contribution in [0.3, 0.4) is 0 Å². The molecular formula is C6H16N2O. The molecule has 9 heavy (non-hydrogen) atoms. The van der Waals surface area contributed by atoms with Crippen LogP contribution >= 0.6 is 0 Å². The van der Waals surface area contributed by atoms with Gasteiger partial charge in [0.1, 0.15) is 6.23 Å². The lowest BCUT2D eigenvalue weighted by Gasteiger charge is -2.25. The van der Waals surface area contributed by atoms with Gasteiger partial charge in [0.05, 0.1) is 6.17 Å². The Hall–Kier alpha value is -0.120. The van der Waals surface area contributed by atoms with Crippen molar-refractivity contribution in [2.45, 2.75) is 32.7 Å². The van der Waals surface area contributed by atoms with Crippen molar-refractivity contribution in [2.75, 3.05) is 7.05 Å². The van der Waals surface area contributed by atoms with Gasteiger partial charge in [-0.15, -0.1) is 0 Å². The quantitative estimate of drug-likeness (QED) is 0.529. The first-order valence-corrected chi connectivity index (χ1v) is 3.25. The van der Waals surface area contributed by atoms with E-state index >= 15 is 0 Å². The molecule has 0 aliphatic carbocycles. The highest BCUT2D eigenvalue weighted by Gasteiger charge is 2.10. The van der Waals surface area contributed by atoms with Gasteiger partial charge < -0.3 is 10.8 Å². The monoisotopic (exact) mass is 132 g/mol. The summed E-state index contributed by atoms with van der Waals surface area (Å²) in [7, 11) is 1.80. The summed E-state index contributed by atoms with van der Waals surface area (Å²) in [6.07, 6.45) is 0.253. The zero-order chi connectivity index (χ0) is 7.44. The molecule has 2 unspecified atom stereocenters. The van der Waals surface area contributed by atoms with Crippen LogP contribution in [0.2, 0.25) is 0 Å². The Bertz CT molecular complexity index is 75.5. The molecule has 0 aromatic carbocycles. The largest absolute Gasteiger partial charge is 0.378 e. The van der Waals surface area contributed by atoms with Crippen LogP contribution in [0.5, 0.6) is 0 Å².